The Bertz CT molecular complexity index is 449. The van der Waals surface area contributed by atoms with Gasteiger partial charge in [-0.2, -0.15) is 0 Å². The lowest BCUT2D eigenvalue weighted by molar-refractivity contribution is 0.208. The van der Waals surface area contributed by atoms with E-state index in [2.05, 4.69) is 19.2 Å². The normalized spacial score (nSPS) is 23.8. The highest BCUT2D eigenvalue weighted by molar-refractivity contribution is 5.31. The van der Waals surface area contributed by atoms with Gasteiger partial charge in [0.05, 0.1) is 7.11 Å². The Morgan fingerprint density at radius 2 is 2.14 bits per heavy atom. The number of nitrogens with one attached hydrogen (secondary N) is 1. The highest BCUT2D eigenvalue weighted by Crippen LogP contribution is 2.39. The Morgan fingerprint density at radius 3 is 2.76 bits per heavy atom. The van der Waals surface area contributed by atoms with Crippen molar-refractivity contribution in [1.82, 2.24) is 5.32 Å². The zero-order valence-corrected chi connectivity index (χ0v) is 13.5. The van der Waals surface area contributed by atoms with Crippen molar-refractivity contribution in [3.05, 3.63) is 29.6 Å². The summed E-state index contributed by atoms with van der Waals surface area (Å²) in [6.45, 7) is 5.22. The van der Waals surface area contributed by atoms with E-state index < -0.39 is 0 Å². The lowest BCUT2D eigenvalue weighted by Gasteiger charge is -2.35. The molecule has 21 heavy (non-hydrogen) atoms. The number of hydrogen-bond acceptors (Lipinski definition) is 2. The molecular weight excluding hydrogens is 265 g/mol. The maximum absolute atomic E-state index is 14.4. The summed E-state index contributed by atoms with van der Waals surface area (Å²) in [4.78, 5) is 0. The minimum atomic E-state index is -0.154. The summed E-state index contributed by atoms with van der Waals surface area (Å²) in [7, 11) is 1.57. The van der Waals surface area contributed by atoms with E-state index in [4.69, 9.17) is 4.74 Å². The number of ether oxygens (including phenoxy) is 1. The second-order valence-corrected chi connectivity index (χ2v) is 6.12. The van der Waals surface area contributed by atoms with E-state index in [0.717, 1.165) is 18.0 Å². The van der Waals surface area contributed by atoms with E-state index in [-0.39, 0.29) is 11.9 Å². The lowest BCUT2D eigenvalue weighted by Crippen LogP contribution is -2.32. The Hall–Kier alpha value is -1.09. The van der Waals surface area contributed by atoms with Crippen LogP contribution >= 0.6 is 0 Å². The highest BCUT2D eigenvalue weighted by atomic mass is 19.1. The molecule has 1 N–H and O–H groups in total. The molecule has 2 nitrogen and oxygen atoms in total. The van der Waals surface area contributed by atoms with E-state index in [9.17, 15) is 4.39 Å². The molecule has 1 aliphatic rings. The minimum Gasteiger partial charge on any atom is -0.497 e. The van der Waals surface area contributed by atoms with Gasteiger partial charge in [-0.25, -0.2) is 4.39 Å². The van der Waals surface area contributed by atoms with Crippen molar-refractivity contribution in [2.75, 3.05) is 13.7 Å². The van der Waals surface area contributed by atoms with Crippen LogP contribution in [0, 0.1) is 17.7 Å². The first kappa shape index (κ1) is 16.3. The van der Waals surface area contributed by atoms with Gasteiger partial charge < -0.3 is 10.1 Å². The first-order chi connectivity index (χ1) is 10.2. The Labute approximate surface area is 128 Å². The molecular formula is C18H28FNO. The number of rotatable bonds is 6. The van der Waals surface area contributed by atoms with Crippen molar-refractivity contribution in [3.63, 3.8) is 0 Å². The average Bonchev–Trinajstić information content (AvgIpc) is 2.53. The molecule has 0 saturated heterocycles. The summed E-state index contributed by atoms with van der Waals surface area (Å²) in [5.41, 5.74) is 0.791. The molecule has 3 unspecified atom stereocenters. The van der Waals surface area contributed by atoms with Crippen LogP contribution in [-0.2, 0) is 0 Å². The van der Waals surface area contributed by atoms with Gasteiger partial charge in [-0.05, 0) is 37.3 Å². The van der Waals surface area contributed by atoms with Gasteiger partial charge >= 0.3 is 0 Å². The molecule has 118 valence electrons. The third kappa shape index (κ3) is 3.97. The maximum Gasteiger partial charge on any atom is 0.131 e. The van der Waals surface area contributed by atoms with E-state index in [1.807, 2.05) is 12.1 Å². The molecule has 1 aromatic rings. The summed E-state index contributed by atoms with van der Waals surface area (Å²) in [6, 6.07) is 5.37. The van der Waals surface area contributed by atoms with Crippen LogP contribution in [0.25, 0.3) is 0 Å². The molecule has 0 heterocycles. The van der Waals surface area contributed by atoms with Crippen LogP contribution in [0.3, 0.4) is 0 Å². The van der Waals surface area contributed by atoms with Crippen LogP contribution in [0.5, 0.6) is 5.75 Å². The second kappa shape index (κ2) is 7.79. The molecule has 3 heteroatoms. The molecule has 1 aliphatic carbocycles. The number of hydrogen-bond donors (Lipinski definition) is 1. The molecule has 2 rings (SSSR count). The lowest BCUT2D eigenvalue weighted by atomic mass is 9.75. The highest BCUT2D eigenvalue weighted by Gasteiger charge is 2.29. The first-order valence-corrected chi connectivity index (χ1v) is 8.26. The molecule has 1 aromatic carbocycles. The summed E-state index contributed by atoms with van der Waals surface area (Å²) in [5.74, 6) is 1.76. The molecule has 1 fully saturated rings. The van der Waals surface area contributed by atoms with Gasteiger partial charge in [0.2, 0.25) is 0 Å². The van der Waals surface area contributed by atoms with Crippen LogP contribution in [-0.4, -0.2) is 13.7 Å². The quantitative estimate of drug-likeness (QED) is 0.820. The Morgan fingerprint density at radius 1 is 1.33 bits per heavy atom. The molecule has 0 aromatic heterocycles. The van der Waals surface area contributed by atoms with E-state index in [1.165, 1.54) is 38.2 Å². The maximum atomic E-state index is 14.4. The summed E-state index contributed by atoms with van der Waals surface area (Å²) in [5, 5.41) is 3.51. The third-order valence-corrected chi connectivity index (χ3v) is 4.84. The fraction of sp³-hybridized carbons (Fsp3) is 0.667. The molecule has 1 saturated carbocycles. The number of benzene rings is 1. The number of halogens is 1. The van der Waals surface area contributed by atoms with E-state index in [0.29, 0.717) is 11.7 Å². The molecule has 3 atom stereocenters. The predicted octanol–water partition coefficient (Wildman–Crippen LogP) is 4.70. The zero-order chi connectivity index (χ0) is 15.2. The summed E-state index contributed by atoms with van der Waals surface area (Å²) < 4.78 is 19.5. The minimum absolute atomic E-state index is 0.121. The van der Waals surface area contributed by atoms with Crippen LogP contribution in [0.1, 0.15) is 57.6 Å². The van der Waals surface area contributed by atoms with Gasteiger partial charge in [0.25, 0.3) is 0 Å². The predicted molar refractivity (Wildman–Crippen MR) is 85.1 cm³/mol. The monoisotopic (exact) mass is 293 g/mol. The van der Waals surface area contributed by atoms with E-state index >= 15 is 0 Å². The molecule has 0 aliphatic heterocycles. The topological polar surface area (TPSA) is 21.3 Å². The summed E-state index contributed by atoms with van der Waals surface area (Å²) in [6.07, 6.45) is 6.24. The van der Waals surface area contributed by atoms with Crippen LogP contribution in [0.15, 0.2) is 18.2 Å². The SMILES string of the molecule is CCNC(c1ccc(OC)cc1F)C1CCCC(CC)C1. The van der Waals surface area contributed by atoms with Crippen molar-refractivity contribution in [2.24, 2.45) is 11.8 Å². The fourth-order valence-electron chi connectivity index (χ4n) is 3.64. The van der Waals surface area contributed by atoms with Crippen molar-refractivity contribution in [2.45, 2.75) is 52.0 Å². The zero-order valence-electron chi connectivity index (χ0n) is 13.5. The first-order valence-electron chi connectivity index (χ1n) is 8.26. The number of methoxy groups -OCH3 is 1. The second-order valence-electron chi connectivity index (χ2n) is 6.12. The molecule has 0 radical (unpaired) electrons. The molecule has 0 bridgehead atoms. The van der Waals surface area contributed by atoms with Gasteiger partial charge in [0.15, 0.2) is 0 Å². The smallest absolute Gasteiger partial charge is 0.131 e. The van der Waals surface area contributed by atoms with Gasteiger partial charge in [-0.15, -0.1) is 0 Å². The van der Waals surface area contributed by atoms with Crippen molar-refractivity contribution in [1.29, 1.82) is 0 Å². The van der Waals surface area contributed by atoms with Crippen LogP contribution in [0.4, 0.5) is 4.39 Å². The van der Waals surface area contributed by atoms with Crippen LogP contribution < -0.4 is 10.1 Å². The average molecular weight is 293 g/mol. The summed E-state index contributed by atoms with van der Waals surface area (Å²) >= 11 is 0. The third-order valence-electron chi connectivity index (χ3n) is 4.84. The molecule has 0 amide bonds. The van der Waals surface area contributed by atoms with Crippen LogP contribution in [0.2, 0.25) is 0 Å². The Balaban J connectivity index is 2.21. The Kier molecular flexibility index (Phi) is 6.04. The van der Waals surface area contributed by atoms with Gasteiger partial charge in [0.1, 0.15) is 11.6 Å². The van der Waals surface area contributed by atoms with Gasteiger partial charge in [0, 0.05) is 17.7 Å². The standard InChI is InChI=1S/C18H28FNO/c1-4-13-7-6-8-14(11-13)18(20-5-2)16-10-9-15(21-3)12-17(16)19/h9-10,12-14,18,20H,4-8,11H2,1-3H3. The fourth-order valence-corrected chi connectivity index (χ4v) is 3.64. The van der Waals surface area contributed by atoms with Crippen molar-refractivity contribution in [3.8, 4) is 5.75 Å². The largest absolute Gasteiger partial charge is 0.497 e. The van der Waals surface area contributed by atoms with Gasteiger partial charge in [-0.1, -0.05) is 39.2 Å². The van der Waals surface area contributed by atoms with E-state index in [1.54, 1.807) is 7.11 Å². The van der Waals surface area contributed by atoms with Crippen molar-refractivity contribution >= 4 is 0 Å². The van der Waals surface area contributed by atoms with Gasteiger partial charge in [-0.3, -0.25) is 0 Å². The molecule has 0 spiro atoms. The van der Waals surface area contributed by atoms with Crippen molar-refractivity contribution < 1.29 is 9.13 Å².